The number of rotatable bonds is 4. The molecule has 0 rings (SSSR count). The number of alkyl halides is 2. The maximum absolute atomic E-state index is 12.4. The Balaban J connectivity index is -0.000000845. The molecule has 0 radical (unpaired) electrons. The van der Waals surface area contributed by atoms with Crippen molar-refractivity contribution in [3.8, 4) is 0 Å². The van der Waals surface area contributed by atoms with Crippen molar-refractivity contribution in [3.63, 3.8) is 0 Å². The minimum atomic E-state index is -5.56. The predicted octanol–water partition coefficient (Wildman–Crippen LogP) is -2.30. The summed E-state index contributed by atoms with van der Waals surface area (Å²) in [5.74, 6) is -1.16. The number of hydrogen-bond donors (Lipinski definition) is 1. The van der Waals surface area contributed by atoms with Gasteiger partial charge in [0.1, 0.15) is 0 Å². The molecule has 5 nitrogen and oxygen atoms in total. The molecular formula is C6H9F2NaO5S. The Morgan fingerprint density at radius 2 is 2.00 bits per heavy atom. The van der Waals surface area contributed by atoms with Gasteiger partial charge in [-0.15, -0.1) is 0 Å². The Hall–Kier alpha value is -0.0200. The van der Waals surface area contributed by atoms with E-state index in [1.807, 2.05) is 0 Å². The summed E-state index contributed by atoms with van der Waals surface area (Å²) in [6.45, 7) is 2.55. The molecule has 0 aromatic rings. The first-order valence-electron chi connectivity index (χ1n) is 3.25. The molecule has 0 spiro atoms. The molecule has 0 unspecified atom stereocenters. The molecular weight excluding hydrogens is 245 g/mol. The number of carbonyl (C=O) groups is 1. The van der Waals surface area contributed by atoms with E-state index in [4.69, 9.17) is 4.55 Å². The molecule has 9 heteroatoms. The van der Waals surface area contributed by atoms with Crippen LogP contribution in [0, 0.1) is 0 Å². The number of esters is 1. The molecule has 0 aliphatic rings. The number of halogens is 2. The number of ether oxygens (including phenoxy) is 1. The molecule has 0 aliphatic heterocycles. The van der Waals surface area contributed by atoms with E-state index in [9.17, 15) is 22.0 Å². The summed E-state index contributed by atoms with van der Waals surface area (Å²) < 4.78 is 56.7. The smallest absolute Gasteiger partial charge is 1.00 e. The van der Waals surface area contributed by atoms with Crippen molar-refractivity contribution in [3.05, 3.63) is 12.2 Å². The maximum Gasteiger partial charge on any atom is 1.00 e. The summed E-state index contributed by atoms with van der Waals surface area (Å²) in [7, 11) is -5.56. The van der Waals surface area contributed by atoms with E-state index in [1.54, 1.807) is 0 Å². The summed E-state index contributed by atoms with van der Waals surface area (Å²) in [6.07, 6.45) is 0. The van der Waals surface area contributed by atoms with Gasteiger partial charge in [0, 0.05) is 5.57 Å². The number of hydrogen-bond acceptors (Lipinski definition) is 4. The average Bonchev–Trinajstić information content (AvgIpc) is 1.97. The summed E-state index contributed by atoms with van der Waals surface area (Å²) in [5.41, 5.74) is -0.156. The molecule has 0 heterocycles. The van der Waals surface area contributed by atoms with E-state index < -0.39 is 27.9 Å². The van der Waals surface area contributed by atoms with Crippen molar-refractivity contribution in [1.82, 2.24) is 0 Å². The third-order valence-electron chi connectivity index (χ3n) is 1.10. The molecule has 0 bridgehead atoms. The van der Waals surface area contributed by atoms with Crippen LogP contribution in [0.1, 0.15) is 8.35 Å². The largest absolute Gasteiger partial charge is 1.00 e. The van der Waals surface area contributed by atoms with Crippen LogP contribution in [0.15, 0.2) is 12.2 Å². The van der Waals surface area contributed by atoms with E-state index in [0.717, 1.165) is 0 Å². The Labute approximate surface area is 109 Å². The summed E-state index contributed by atoms with van der Waals surface area (Å²) in [6, 6.07) is 0. The van der Waals surface area contributed by atoms with E-state index in [2.05, 4.69) is 11.3 Å². The quantitative estimate of drug-likeness (QED) is 0.264. The topological polar surface area (TPSA) is 80.7 Å². The van der Waals surface area contributed by atoms with Gasteiger partial charge in [-0.3, -0.25) is 4.55 Å². The molecule has 0 aromatic carbocycles. The average molecular weight is 254 g/mol. The monoisotopic (exact) mass is 254 g/mol. The first kappa shape index (κ1) is 17.4. The van der Waals surface area contributed by atoms with Crippen LogP contribution >= 0.6 is 0 Å². The molecule has 0 aromatic heterocycles. The van der Waals surface area contributed by atoms with Crippen molar-refractivity contribution < 1.29 is 62.3 Å². The van der Waals surface area contributed by atoms with Gasteiger partial charge in [-0.05, 0) is 6.92 Å². The van der Waals surface area contributed by atoms with Crippen LogP contribution in [-0.2, 0) is 19.6 Å². The van der Waals surface area contributed by atoms with Crippen LogP contribution in [0.2, 0.25) is 0 Å². The molecule has 1 N–H and O–H groups in total. The normalized spacial score (nSPS) is 11.5. The Morgan fingerprint density at radius 1 is 1.60 bits per heavy atom. The van der Waals surface area contributed by atoms with Crippen molar-refractivity contribution in [2.24, 2.45) is 0 Å². The molecule has 0 saturated carbocycles. The molecule has 84 valence electrons. The van der Waals surface area contributed by atoms with Crippen molar-refractivity contribution in [1.29, 1.82) is 0 Å². The Morgan fingerprint density at radius 3 is 2.27 bits per heavy atom. The Bertz CT molecular complexity index is 356. The van der Waals surface area contributed by atoms with E-state index in [1.165, 1.54) is 6.92 Å². The van der Waals surface area contributed by atoms with Crippen molar-refractivity contribution in [2.45, 2.75) is 12.2 Å². The second kappa shape index (κ2) is 5.90. The van der Waals surface area contributed by atoms with Crippen LogP contribution in [0.4, 0.5) is 8.78 Å². The summed E-state index contributed by atoms with van der Waals surface area (Å²) in [5, 5.41) is -4.50. The number of carbonyl (C=O) groups excluding carboxylic acids is 1. The van der Waals surface area contributed by atoms with Crippen LogP contribution in [0.25, 0.3) is 0 Å². The van der Waals surface area contributed by atoms with Crippen molar-refractivity contribution in [2.75, 3.05) is 6.61 Å². The van der Waals surface area contributed by atoms with Gasteiger partial charge in [-0.25, -0.2) is 4.79 Å². The summed E-state index contributed by atoms with van der Waals surface area (Å²) >= 11 is 0. The van der Waals surface area contributed by atoms with Gasteiger partial charge in [-0.2, -0.15) is 17.2 Å². The van der Waals surface area contributed by atoms with Gasteiger partial charge >= 0.3 is 50.9 Å². The fraction of sp³-hybridized carbons (Fsp3) is 0.500. The predicted molar refractivity (Wildman–Crippen MR) is 43.4 cm³/mol. The molecule has 0 saturated heterocycles. The second-order valence-electron chi connectivity index (χ2n) is 2.47. The zero-order chi connectivity index (χ0) is 11.6. The fourth-order valence-electron chi connectivity index (χ4n) is 0.347. The van der Waals surface area contributed by atoms with Crippen LogP contribution < -0.4 is 29.6 Å². The van der Waals surface area contributed by atoms with Gasteiger partial charge in [-0.1, -0.05) is 6.58 Å². The fourth-order valence-corrected chi connectivity index (χ4v) is 0.555. The first-order valence-corrected chi connectivity index (χ1v) is 4.69. The van der Waals surface area contributed by atoms with Gasteiger partial charge in [0.15, 0.2) is 6.61 Å². The zero-order valence-corrected chi connectivity index (χ0v) is 11.0. The van der Waals surface area contributed by atoms with Crippen LogP contribution in [-0.4, -0.2) is 30.8 Å². The second-order valence-corrected chi connectivity index (χ2v) is 4.02. The van der Waals surface area contributed by atoms with E-state index >= 15 is 0 Å². The molecule has 0 atom stereocenters. The SMILES string of the molecule is C=C(C)C(=O)OCC(F)(F)S(=O)(=O)O.[H-].[Na+]. The van der Waals surface area contributed by atoms with E-state index in [-0.39, 0.29) is 36.6 Å². The zero-order valence-electron chi connectivity index (χ0n) is 9.16. The standard InChI is InChI=1S/C6H8F2O5S.Na.H/c1-4(2)5(9)13-3-6(7,8)14(10,11)12;;/h1,3H2,2H3,(H,10,11,12);;/q;+1;-1. The summed E-state index contributed by atoms with van der Waals surface area (Å²) in [4.78, 5) is 10.6. The third-order valence-corrected chi connectivity index (χ3v) is 1.97. The molecule has 0 amide bonds. The minimum absolute atomic E-state index is 0. The first-order chi connectivity index (χ1) is 6.08. The van der Waals surface area contributed by atoms with Gasteiger partial charge in [0.05, 0.1) is 0 Å². The van der Waals surface area contributed by atoms with Crippen LogP contribution in [0.3, 0.4) is 0 Å². The van der Waals surface area contributed by atoms with Gasteiger partial charge in [0.25, 0.3) is 0 Å². The van der Waals surface area contributed by atoms with E-state index in [0.29, 0.717) is 0 Å². The Kier molecular flexibility index (Phi) is 6.84. The third kappa shape index (κ3) is 5.57. The molecule has 0 fully saturated rings. The van der Waals surface area contributed by atoms with Crippen LogP contribution in [0.5, 0.6) is 0 Å². The van der Waals surface area contributed by atoms with Crippen molar-refractivity contribution >= 4 is 16.1 Å². The van der Waals surface area contributed by atoms with Gasteiger partial charge < -0.3 is 6.16 Å². The minimum Gasteiger partial charge on any atom is -1.00 e. The molecule has 15 heavy (non-hydrogen) atoms. The molecule has 0 aliphatic carbocycles. The van der Waals surface area contributed by atoms with Gasteiger partial charge in [0.2, 0.25) is 0 Å². The maximum atomic E-state index is 12.4.